The minimum atomic E-state index is -0.312. The van der Waals surface area contributed by atoms with Gasteiger partial charge in [-0.2, -0.15) is 5.10 Å². The Labute approximate surface area is 121 Å². The van der Waals surface area contributed by atoms with Gasteiger partial charge in [-0.25, -0.2) is 14.3 Å². The number of hydrogen-bond donors (Lipinski definition) is 2. The van der Waals surface area contributed by atoms with Crippen molar-refractivity contribution < 1.29 is 4.79 Å². The van der Waals surface area contributed by atoms with Crippen molar-refractivity contribution in [2.75, 3.05) is 10.6 Å². The van der Waals surface area contributed by atoms with Gasteiger partial charge in [0.25, 0.3) is 0 Å². The quantitative estimate of drug-likeness (QED) is 0.758. The van der Waals surface area contributed by atoms with Gasteiger partial charge in [0, 0.05) is 11.9 Å². The third-order valence-corrected chi connectivity index (χ3v) is 3.03. The Morgan fingerprint density at radius 1 is 1.10 bits per heavy atom. The van der Waals surface area contributed by atoms with Gasteiger partial charge in [-0.1, -0.05) is 17.7 Å². The van der Waals surface area contributed by atoms with E-state index in [1.54, 1.807) is 16.8 Å². The summed E-state index contributed by atoms with van der Waals surface area (Å²) in [5.74, 6) is 0.656. The molecule has 0 aliphatic carbocycles. The lowest BCUT2D eigenvalue weighted by molar-refractivity contribution is 0.262. The number of aromatic nitrogens is 3. The Bertz CT molecular complexity index is 791. The van der Waals surface area contributed by atoms with Crippen LogP contribution in [0.3, 0.4) is 0 Å². The minimum absolute atomic E-state index is 0.312. The Hall–Kier alpha value is -2.89. The lowest BCUT2D eigenvalue weighted by Gasteiger charge is -2.08. The fourth-order valence-electron chi connectivity index (χ4n) is 2.03. The molecule has 0 saturated carbocycles. The number of pyridine rings is 1. The largest absolute Gasteiger partial charge is 0.323 e. The van der Waals surface area contributed by atoms with E-state index in [4.69, 9.17) is 0 Å². The highest BCUT2D eigenvalue weighted by atomic mass is 16.2. The van der Waals surface area contributed by atoms with Crippen LogP contribution in [0.15, 0.2) is 42.6 Å². The van der Waals surface area contributed by atoms with Gasteiger partial charge in [0.15, 0.2) is 5.65 Å². The van der Waals surface area contributed by atoms with Crippen LogP contribution in [0.4, 0.5) is 16.2 Å². The third kappa shape index (κ3) is 2.84. The number of carbonyl (C=O) groups is 1. The van der Waals surface area contributed by atoms with Gasteiger partial charge in [-0.05, 0) is 38.1 Å². The first kappa shape index (κ1) is 13.1. The monoisotopic (exact) mass is 281 g/mol. The van der Waals surface area contributed by atoms with Crippen LogP contribution in [0, 0.1) is 13.8 Å². The number of carbonyl (C=O) groups excluding carboxylic acids is 1. The van der Waals surface area contributed by atoms with E-state index in [1.165, 1.54) is 0 Å². The molecule has 6 heteroatoms. The van der Waals surface area contributed by atoms with E-state index in [1.807, 2.05) is 44.2 Å². The molecule has 0 atom stereocenters. The summed E-state index contributed by atoms with van der Waals surface area (Å²) in [5, 5.41) is 9.78. The van der Waals surface area contributed by atoms with Gasteiger partial charge in [-0.15, -0.1) is 0 Å². The molecule has 0 saturated heterocycles. The van der Waals surface area contributed by atoms with E-state index in [0.717, 1.165) is 11.3 Å². The normalized spacial score (nSPS) is 10.6. The smallest absolute Gasteiger partial charge is 0.308 e. The number of anilines is 2. The molecule has 106 valence electrons. The molecule has 6 nitrogen and oxygen atoms in total. The van der Waals surface area contributed by atoms with Gasteiger partial charge in [-0.3, -0.25) is 0 Å². The van der Waals surface area contributed by atoms with Crippen LogP contribution < -0.4 is 10.6 Å². The fourth-order valence-corrected chi connectivity index (χ4v) is 2.03. The number of amides is 2. The van der Waals surface area contributed by atoms with Crippen LogP contribution in [0.2, 0.25) is 0 Å². The van der Waals surface area contributed by atoms with Crippen molar-refractivity contribution in [1.29, 1.82) is 0 Å². The standard InChI is InChI=1S/C15H15N5O/c1-10-5-7-12(8-6-10)17-15(21)18-13-4-3-9-20-14(13)16-11(2)19-20/h3-9H,1-2H3,(H2,17,18,21). The minimum Gasteiger partial charge on any atom is -0.308 e. The zero-order valence-electron chi connectivity index (χ0n) is 11.8. The number of urea groups is 1. The molecule has 3 aromatic rings. The molecule has 2 aromatic heterocycles. The van der Waals surface area contributed by atoms with E-state index >= 15 is 0 Å². The molecule has 0 spiro atoms. The summed E-state index contributed by atoms with van der Waals surface area (Å²) in [7, 11) is 0. The average molecular weight is 281 g/mol. The molecule has 0 bridgehead atoms. The van der Waals surface area contributed by atoms with Crippen LogP contribution in [-0.2, 0) is 0 Å². The van der Waals surface area contributed by atoms with E-state index in [0.29, 0.717) is 17.2 Å². The molecule has 2 heterocycles. The van der Waals surface area contributed by atoms with E-state index in [-0.39, 0.29) is 6.03 Å². The molecule has 0 aliphatic rings. The Morgan fingerprint density at radius 2 is 1.86 bits per heavy atom. The van der Waals surface area contributed by atoms with Crippen molar-refractivity contribution >= 4 is 23.1 Å². The topological polar surface area (TPSA) is 71.3 Å². The summed E-state index contributed by atoms with van der Waals surface area (Å²) in [6.07, 6.45) is 1.79. The van der Waals surface area contributed by atoms with Gasteiger partial charge in [0.1, 0.15) is 5.82 Å². The lowest BCUT2D eigenvalue weighted by Crippen LogP contribution is -2.19. The summed E-state index contributed by atoms with van der Waals surface area (Å²) >= 11 is 0. The van der Waals surface area contributed by atoms with Gasteiger partial charge in [0.05, 0.1) is 5.69 Å². The third-order valence-electron chi connectivity index (χ3n) is 3.03. The molecule has 0 aliphatic heterocycles. The van der Waals surface area contributed by atoms with Crippen molar-refractivity contribution in [3.05, 3.63) is 54.0 Å². The van der Waals surface area contributed by atoms with E-state index < -0.39 is 0 Å². The molecule has 0 radical (unpaired) electrons. The Balaban J connectivity index is 1.78. The molecule has 1 aromatic carbocycles. The first-order valence-electron chi connectivity index (χ1n) is 6.58. The Morgan fingerprint density at radius 3 is 2.62 bits per heavy atom. The summed E-state index contributed by atoms with van der Waals surface area (Å²) in [5.41, 5.74) is 3.11. The maximum absolute atomic E-state index is 12.0. The van der Waals surface area contributed by atoms with Crippen molar-refractivity contribution in [3.8, 4) is 0 Å². The zero-order valence-corrected chi connectivity index (χ0v) is 11.8. The molecule has 21 heavy (non-hydrogen) atoms. The Kier molecular flexibility index (Phi) is 3.27. The van der Waals surface area contributed by atoms with Crippen LogP contribution >= 0.6 is 0 Å². The molecule has 2 amide bonds. The molecule has 2 N–H and O–H groups in total. The summed E-state index contributed by atoms with van der Waals surface area (Å²) in [6, 6.07) is 10.9. The summed E-state index contributed by atoms with van der Waals surface area (Å²) in [4.78, 5) is 16.3. The maximum atomic E-state index is 12.0. The van der Waals surface area contributed by atoms with E-state index in [9.17, 15) is 4.79 Å². The second kappa shape index (κ2) is 5.24. The van der Waals surface area contributed by atoms with Crippen LogP contribution in [0.25, 0.3) is 5.65 Å². The second-order valence-electron chi connectivity index (χ2n) is 4.79. The van der Waals surface area contributed by atoms with Gasteiger partial charge >= 0.3 is 6.03 Å². The number of rotatable bonds is 2. The van der Waals surface area contributed by atoms with Crippen molar-refractivity contribution in [1.82, 2.24) is 14.6 Å². The number of aryl methyl sites for hydroxylation is 2. The molecule has 0 fully saturated rings. The number of fused-ring (bicyclic) bond motifs is 1. The van der Waals surface area contributed by atoms with Crippen LogP contribution in [0.5, 0.6) is 0 Å². The maximum Gasteiger partial charge on any atom is 0.323 e. The van der Waals surface area contributed by atoms with Crippen LogP contribution in [0.1, 0.15) is 11.4 Å². The van der Waals surface area contributed by atoms with Crippen molar-refractivity contribution in [3.63, 3.8) is 0 Å². The highest BCUT2D eigenvalue weighted by molar-refractivity contribution is 6.01. The van der Waals surface area contributed by atoms with Crippen molar-refractivity contribution in [2.24, 2.45) is 0 Å². The first-order valence-corrected chi connectivity index (χ1v) is 6.58. The molecular weight excluding hydrogens is 266 g/mol. The highest BCUT2D eigenvalue weighted by Gasteiger charge is 2.08. The lowest BCUT2D eigenvalue weighted by atomic mass is 10.2. The van der Waals surface area contributed by atoms with E-state index in [2.05, 4.69) is 20.7 Å². The number of nitrogens with one attached hydrogen (secondary N) is 2. The predicted molar refractivity (Wildman–Crippen MR) is 81.5 cm³/mol. The average Bonchev–Trinajstić information content (AvgIpc) is 2.83. The number of hydrogen-bond acceptors (Lipinski definition) is 3. The fraction of sp³-hybridized carbons (Fsp3) is 0.133. The molecule has 0 unspecified atom stereocenters. The summed E-state index contributed by atoms with van der Waals surface area (Å²) < 4.78 is 1.64. The molecular formula is C15H15N5O. The molecule has 3 rings (SSSR count). The second-order valence-corrected chi connectivity index (χ2v) is 4.79. The summed E-state index contributed by atoms with van der Waals surface area (Å²) in [6.45, 7) is 3.81. The zero-order chi connectivity index (χ0) is 14.8. The number of nitrogens with zero attached hydrogens (tertiary/aromatic N) is 3. The van der Waals surface area contributed by atoms with Gasteiger partial charge in [0.2, 0.25) is 0 Å². The predicted octanol–water partition coefficient (Wildman–Crippen LogP) is 2.99. The van der Waals surface area contributed by atoms with Crippen molar-refractivity contribution in [2.45, 2.75) is 13.8 Å². The van der Waals surface area contributed by atoms with Crippen LogP contribution in [-0.4, -0.2) is 20.6 Å². The highest BCUT2D eigenvalue weighted by Crippen LogP contribution is 2.15. The first-order chi connectivity index (χ1) is 10.1. The van der Waals surface area contributed by atoms with Gasteiger partial charge < -0.3 is 10.6 Å². The number of benzene rings is 1. The SMILES string of the molecule is Cc1ccc(NC(=O)Nc2cccn3nc(C)nc23)cc1.